The van der Waals surface area contributed by atoms with E-state index in [1.54, 1.807) is 30.3 Å². The number of anilines is 1. The molecular formula is C17H15ClINO4S. The number of amides is 1. The third kappa shape index (κ3) is 5.26. The summed E-state index contributed by atoms with van der Waals surface area (Å²) in [5.41, 5.74) is 0.739. The molecule has 0 atom stereocenters. The van der Waals surface area contributed by atoms with Gasteiger partial charge in [-0.25, -0.2) is 0 Å². The lowest BCUT2D eigenvalue weighted by Gasteiger charge is -2.05. The van der Waals surface area contributed by atoms with Gasteiger partial charge >= 0.3 is 5.97 Å². The highest BCUT2D eigenvalue weighted by molar-refractivity contribution is 14.1. The van der Waals surface area contributed by atoms with Crippen LogP contribution in [0.4, 0.5) is 5.00 Å². The highest BCUT2D eigenvalue weighted by Crippen LogP contribution is 2.32. The monoisotopic (exact) mass is 491 g/mol. The lowest BCUT2D eigenvalue weighted by atomic mass is 10.0. The summed E-state index contributed by atoms with van der Waals surface area (Å²) >= 11 is 9.34. The second-order valence-corrected chi connectivity index (χ2v) is 7.33. The van der Waals surface area contributed by atoms with Gasteiger partial charge < -0.3 is 10.1 Å². The summed E-state index contributed by atoms with van der Waals surface area (Å²) in [6.45, 7) is 0. The predicted molar refractivity (Wildman–Crippen MR) is 107 cm³/mol. The van der Waals surface area contributed by atoms with Crippen LogP contribution in [0.1, 0.15) is 27.2 Å². The molecule has 2 aromatic rings. The number of alkyl halides is 1. The number of halogens is 2. The Balaban J connectivity index is 2.34. The summed E-state index contributed by atoms with van der Waals surface area (Å²) in [5, 5.41) is 3.56. The number of carbonyl (C=O) groups is 3. The normalized spacial score (nSPS) is 10.4. The van der Waals surface area contributed by atoms with Crippen molar-refractivity contribution >= 4 is 68.2 Å². The SMILES string of the molecule is COC(=O)CCc1cc(C(=O)c2ccccc2Cl)c(NC(=O)CI)s1. The molecule has 0 saturated heterocycles. The van der Waals surface area contributed by atoms with Gasteiger partial charge in [-0.3, -0.25) is 14.4 Å². The summed E-state index contributed by atoms with van der Waals surface area (Å²) in [5.74, 6) is -0.796. The van der Waals surface area contributed by atoms with Crippen LogP contribution in [0.5, 0.6) is 0 Å². The highest BCUT2D eigenvalue weighted by Gasteiger charge is 2.21. The molecule has 25 heavy (non-hydrogen) atoms. The highest BCUT2D eigenvalue weighted by atomic mass is 127. The van der Waals surface area contributed by atoms with Crippen LogP contribution in [-0.2, 0) is 20.7 Å². The molecule has 0 bridgehead atoms. The van der Waals surface area contributed by atoms with Crippen molar-refractivity contribution in [1.29, 1.82) is 0 Å². The third-order valence-electron chi connectivity index (χ3n) is 3.32. The Labute approximate surface area is 167 Å². The molecule has 1 amide bonds. The van der Waals surface area contributed by atoms with E-state index in [0.29, 0.717) is 27.6 Å². The Kier molecular flexibility index (Phi) is 7.39. The van der Waals surface area contributed by atoms with Gasteiger partial charge in [-0.15, -0.1) is 11.3 Å². The van der Waals surface area contributed by atoms with E-state index in [-0.39, 0.29) is 28.5 Å². The molecule has 0 aliphatic heterocycles. The Morgan fingerprint density at radius 3 is 2.60 bits per heavy atom. The van der Waals surface area contributed by atoms with E-state index < -0.39 is 0 Å². The van der Waals surface area contributed by atoms with Crippen molar-refractivity contribution in [2.75, 3.05) is 16.9 Å². The average molecular weight is 492 g/mol. The number of ketones is 1. The molecule has 0 spiro atoms. The van der Waals surface area contributed by atoms with Gasteiger partial charge in [0.1, 0.15) is 5.00 Å². The van der Waals surface area contributed by atoms with Gasteiger partial charge in [0.15, 0.2) is 5.78 Å². The summed E-state index contributed by atoms with van der Waals surface area (Å²) in [6.07, 6.45) is 0.636. The molecule has 0 aliphatic carbocycles. The molecule has 1 aromatic carbocycles. The van der Waals surface area contributed by atoms with Crippen LogP contribution in [0, 0.1) is 0 Å². The van der Waals surface area contributed by atoms with Crippen LogP contribution in [0.15, 0.2) is 30.3 Å². The Morgan fingerprint density at radius 1 is 1.24 bits per heavy atom. The molecule has 1 N–H and O–H groups in total. The minimum absolute atomic E-state index is 0.199. The van der Waals surface area contributed by atoms with Crippen LogP contribution >= 0.6 is 45.5 Å². The molecule has 8 heteroatoms. The smallest absolute Gasteiger partial charge is 0.305 e. The van der Waals surface area contributed by atoms with Crippen LogP contribution < -0.4 is 5.32 Å². The Bertz CT molecular complexity index is 806. The first-order valence-corrected chi connectivity index (χ1v) is 10.0. The fraction of sp³-hybridized carbons (Fsp3) is 0.235. The van der Waals surface area contributed by atoms with E-state index in [9.17, 15) is 14.4 Å². The molecule has 0 unspecified atom stereocenters. The van der Waals surface area contributed by atoms with Crippen LogP contribution in [0.2, 0.25) is 5.02 Å². The van der Waals surface area contributed by atoms with Crippen molar-refractivity contribution in [1.82, 2.24) is 0 Å². The van der Waals surface area contributed by atoms with E-state index in [4.69, 9.17) is 11.6 Å². The zero-order chi connectivity index (χ0) is 18.4. The number of hydrogen-bond acceptors (Lipinski definition) is 5. The quantitative estimate of drug-likeness (QED) is 0.274. The maximum atomic E-state index is 12.8. The van der Waals surface area contributed by atoms with Crippen molar-refractivity contribution in [3.8, 4) is 0 Å². The zero-order valence-corrected chi connectivity index (χ0v) is 17.0. The molecule has 132 valence electrons. The largest absolute Gasteiger partial charge is 0.469 e. The second kappa shape index (κ2) is 9.30. The molecule has 2 rings (SSSR count). The van der Waals surface area contributed by atoms with E-state index >= 15 is 0 Å². The van der Waals surface area contributed by atoms with Gasteiger partial charge in [-0.1, -0.05) is 46.3 Å². The number of ether oxygens (including phenoxy) is 1. The summed E-state index contributed by atoms with van der Waals surface area (Å²) in [4.78, 5) is 36.7. The number of thiophene rings is 1. The van der Waals surface area contributed by atoms with Crippen LogP contribution in [0.25, 0.3) is 0 Å². The van der Waals surface area contributed by atoms with Crippen molar-refractivity contribution in [2.45, 2.75) is 12.8 Å². The van der Waals surface area contributed by atoms with Gasteiger partial charge in [0.05, 0.1) is 28.5 Å². The van der Waals surface area contributed by atoms with E-state index in [2.05, 4.69) is 10.1 Å². The lowest BCUT2D eigenvalue weighted by molar-refractivity contribution is -0.140. The first-order valence-electron chi connectivity index (χ1n) is 7.30. The molecule has 1 aromatic heterocycles. The lowest BCUT2D eigenvalue weighted by Crippen LogP contribution is -2.14. The van der Waals surface area contributed by atoms with E-state index in [1.807, 2.05) is 22.6 Å². The summed E-state index contributed by atoms with van der Waals surface area (Å²) in [6, 6.07) is 8.45. The molecule has 1 heterocycles. The Morgan fingerprint density at radius 2 is 1.96 bits per heavy atom. The molecule has 5 nitrogen and oxygen atoms in total. The first-order chi connectivity index (χ1) is 12.0. The van der Waals surface area contributed by atoms with Gasteiger partial charge in [0.2, 0.25) is 5.91 Å². The fourth-order valence-corrected chi connectivity index (χ4v) is 3.59. The standard InChI is InChI=1S/C17H15ClINO4S/c1-24-15(22)7-6-10-8-12(17(25-10)20-14(21)9-19)16(23)11-4-2-3-5-13(11)18/h2-5,8H,6-7,9H2,1H3,(H,20,21). The molecule has 0 saturated carbocycles. The fourth-order valence-electron chi connectivity index (χ4n) is 2.10. The van der Waals surface area contributed by atoms with Crippen molar-refractivity contribution < 1.29 is 19.1 Å². The van der Waals surface area contributed by atoms with Crippen molar-refractivity contribution in [3.63, 3.8) is 0 Å². The number of hydrogen-bond donors (Lipinski definition) is 1. The van der Waals surface area contributed by atoms with Gasteiger partial charge in [-0.05, 0) is 24.6 Å². The van der Waals surface area contributed by atoms with Gasteiger partial charge in [0.25, 0.3) is 0 Å². The molecule has 0 fully saturated rings. The van der Waals surface area contributed by atoms with Crippen LogP contribution in [0.3, 0.4) is 0 Å². The minimum Gasteiger partial charge on any atom is -0.469 e. The second-order valence-electron chi connectivity index (χ2n) is 5.02. The molecule has 0 aliphatic rings. The van der Waals surface area contributed by atoms with Gasteiger partial charge in [0, 0.05) is 10.4 Å². The van der Waals surface area contributed by atoms with E-state index in [1.165, 1.54) is 18.4 Å². The Hall–Kier alpha value is -1.45. The number of esters is 1. The number of nitrogens with one attached hydrogen (secondary N) is 1. The molecular weight excluding hydrogens is 477 g/mol. The third-order valence-corrected chi connectivity index (χ3v) is 5.46. The zero-order valence-electron chi connectivity index (χ0n) is 13.3. The maximum absolute atomic E-state index is 12.8. The minimum atomic E-state index is -0.328. The summed E-state index contributed by atoms with van der Waals surface area (Å²) < 4.78 is 4.90. The van der Waals surface area contributed by atoms with E-state index in [0.717, 1.165) is 4.88 Å². The first kappa shape index (κ1) is 19.9. The predicted octanol–water partition coefficient (Wildman–Crippen LogP) is 4.11. The number of methoxy groups -OCH3 is 1. The number of rotatable bonds is 7. The topological polar surface area (TPSA) is 72.5 Å². The number of aryl methyl sites for hydroxylation is 1. The maximum Gasteiger partial charge on any atom is 0.305 e. The van der Waals surface area contributed by atoms with Crippen LogP contribution in [-0.4, -0.2) is 29.2 Å². The number of carbonyl (C=O) groups excluding carboxylic acids is 3. The van der Waals surface area contributed by atoms with Crippen molar-refractivity contribution in [2.24, 2.45) is 0 Å². The average Bonchev–Trinajstić information content (AvgIpc) is 3.02. The summed E-state index contributed by atoms with van der Waals surface area (Å²) in [7, 11) is 1.33. The van der Waals surface area contributed by atoms with Crippen molar-refractivity contribution in [3.05, 3.63) is 51.4 Å². The molecule has 0 radical (unpaired) electrons. The van der Waals surface area contributed by atoms with Gasteiger partial charge in [-0.2, -0.15) is 0 Å². The number of benzene rings is 1.